The minimum atomic E-state index is 0.0622. The number of fused-ring (bicyclic) bond motifs is 2. The molecule has 170 valence electrons. The molecule has 1 aliphatic carbocycles. The maximum atomic E-state index is 12.8. The van der Waals surface area contributed by atoms with Gasteiger partial charge in [0.15, 0.2) is 0 Å². The third-order valence-corrected chi connectivity index (χ3v) is 7.62. The lowest BCUT2D eigenvalue weighted by Crippen LogP contribution is -2.57. The zero-order valence-electron chi connectivity index (χ0n) is 19.6. The number of benzene rings is 1. The highest BCUT2D eigenvalue weighted by Crippen LogP contribution is 2.46. The molecule has 2 amide bonds. The van der Waals surface area contributed by atoms with E-state index in [2.05, 4.69) is 48.1 Å². The van der Waals surface area contributed by atoms with Crippen molar-refractivity contribution in [3.8, 4) is 0 Å². The summed E-state index contributed by atoms with van der Waals surface area (Å²) in [4.78, 5) is 20.7. The number of urea groups is 1. The molecule has 1 aromatic carbocycles. The second kappa shape index (κ2) is 9.03. The number of rotatable bonds is 6. The number of carbonyl (C=O) groups excluding carboxylic acids is 1. The number of piperidine rings is 1. The van der Waals surface area contributed by atoms with Crippen molar-refractivity contribution >= 4 is 28.5 Å². The number of nitrogens with one attached hydrogen (secondary N) is 2. The Morgan fingerprint density at radius 1 is 1.29 bits per heavy atom. The maximum Gasteiger partial charge on any atom is 0.317 e. The largest absolute Gasteiger partial charge is 0.345 e. The van der Waals surface area contributed by atoms with Crippen LogP contribution in [-0.2, 0) is 6.42 Å². The molecule has 31 heavy (non-hydrogen) atoms. The average molecular weight is 445 g/mol. The Morgan fingerprint density at radius 2 is 2.03 bits per heavy atom. The first-order valence-electron chi connectivity index (χ1n) is 12.0. The number of amides is 2. The number of H-pyrrole nitrogens is 1. The van der Waals surface area contributed by atoms with Crippen LogP contribution in [-0.4, -0.2) is 59.1 Å². The molecule has 1 saturated heterocycles. The Bertz CT molecular complexity index is 949. The van der Waals surface area contributed by atoms with Crippen molar-refractivity contribution in [1.29, 1.82) is 0 Å². The van der Waals surface area contributed by atoms with E-state index in [1.54, 1.807) is 0 Å². The number of likely N-dealkylation sites (tertiary alicyclic amines) is 1. The standard InChI is InChI=1S/C25H37ClN4O/c1-6-9-30-14-17(27-25(31)29(7-2)8-3)12-18-19-10-16(15(4)5)11-21-23(19)20(13-22(18)30)24(26)28-21/h10-11,15,17-18,22,28H,6-9,12-14H2,1-5H3,(H,27,31)/t17-,18?,22+/m0/s1. The molecule has 5 nitrogen and oxygen atoms in total. The first kappa shape index (κ1) is 22.5. The number of aromatic nitrogens is 1. The Balaban J connectivity index is 1.73. The highest BCUT2D eigenvalue weighted by molar-refractivity contribution is 6.32. The topological polar surface area (TPSA) is 51.4 Å². The van der Waals surface area contributed by atoms with Crippen molar-refractivity contribution in [2.24, 2.45) is 0 Å². The van der Waals surface area contributed by atoms with Crippen LogP contribution < -0.4 is 5.32 Å². The molecule has 0 spiro atoms. The van der Waals surface area contributed by atoms with Crippen molar-refractivity contribution in [3.05, 3.63) is 34.0 Å². The minimum absolute atomic E-state index is 0.0622. The lowest BCUT2D eigenvalue weighted by molar-refractivity contribution is 0.0979. The van der Waals surface area contributed by atoms with Crippen molar-refractivity contribution in [2.75, 3.05) is 26.2 Å². The first-order chi connectivity index (χ1) is 14.9. The smallest absolute Gasteiger partial charge is 0.317 e. The van der Waals surface area contributed by atoms with E-state index in [1.165, 1.54) is 22.1 Å². The van der Waals surface area contributed by atoms with Crippen LogP contribution in [0.15, 0.2) is 12.1 Å². The molecule has 0 bridgehead atoms. The van der Waals surface area contributed by atoms with Gasteiger partial charge in [0.05, 0.1) is 0 Å². The van der Waals surface area contributed by atoms with Crippen LogP contribution in [0.3, 0.4) is 0 Å². The number of hydrogen-bond acceptors (Lipinski definition) is 2. The van der Waals surface area contributed by atoms with Crippen LogP contribution in [0.1, 0.15) is 76.0 Å². The highest BCUT2D eigenvalue weighted by Gasteiger charge is 2.42. The molecule has 0 saturated carbocycles. The second-order valence-corrected chi connectivity index (χ2v) is 9.91. The fourth-order valence-electron chi connectivity index (χ4n) is 5.70. The van der Waals surface area contributed by atoms with Gasteiger partial charge in [-0.1, -0.05) is 38.4 Å². The zero-order chi connectivity index (χ0) is 22.3. The minimum Gasteiger partial charge on any atom is -0.345 e. The van der Waals surface area contributed by atoms with Gasteiger partial charge in [0.25, 0.3) is 0 Å². The second-order valence-electron chi connectivity index (χ2n) is 9.53. The third kappa shape index (κ3) is 4.07. The van der Waals surface area contributed by atoms with Gasteiger partial charge in [-0.3, -0.25) is 4.90 Å². The molecule has 1 aliphatic heterocycles. The summed E-state index contributed by atoms with van der Waals surface area (Å²) in [6.45, 7) is 14.2. The predicted octanol–water partition coefficient (Wildman–Crippen LogP) is 5.49. The van der Waals surface area contributed by atoms with Crippen LogP contribution in [0.5, 0.6) is 0 Å². The van der Waals surface area contributed by atoms with Gasteiger partial charge in [0.2, 0.25) is 0 Å². The average Bonchev–Trinajstić information content (AvgIpc) is 3.05. The van der Waals surface area contributed by atoms with Gasteiger partial charge in [-0.2, -0.15) is 0 Å². The first-order valence-corrected chi connectivity index (χ1v) is 12.4. The van der Waals surface area contributed by atoms with E-state index < -0.39 is 0 Å². The number of halogens is 1. The third-order valence-electron chi connectivity index (χ3n) is 7.30. The lowest BCUT2D eigenvalue weighted by atomic mass is 9.73. The summed E-state index contributed by atoms with van der Waals surface area (Å²) in [6.07, 6.45) is 3.07. The maximum absolute atomic E-state index is 12.8. The van der Waals surface area contributed by atoms with Crippen LogP contribution in [0, 0.1) is 0 Å². The van der Waals surface area contributed by atoms with E-state index in [0.717, 1.165) is 56.1 Å². The predicted molar refractivity (Wildman–Crippen MR) is 129 cm³/mol. The van der Waals surface area contributed by atoms with Crippen molar-refractivity contribution in [3.63, 3.8) is 0 Å². The molecule has 4 rings (SSSR count). The fraction of sp³-hybridized carbons (Fsp3) is 0.640. The highest BCUT2D eigenvalue weighted by atomic mass is 35.5. The molecule has 2 N–H and O–H groups in total. The molecule has 3 atom stereocenters. The van der Waals surface area contributed by atoms with Crippen molar-refractivity contribution < 1.29 is 4.79 Å². The lowest BCUT2D eigenvalue weighted by Gasteiger charge is -2.47. The van der Waals surface area contributed by atoms with Gasteiger partial charge in [-0.05, 0) is 68.3 Å². The zero-order valence-corrected chi connectivity index (χ0v) is 20.4. The van der Waals surface area contributed by atoms with Gasteiger partial charge < -0.3 is 15.2 Å². The molecule has 1 unspecified atom stereocenters. The molecule has 2 aromatic rings. The molecule has 2 heterocycles. The number of hydrogen-bond donors (Lipinski definition) is 2. The summed E-state index contributed by atoms with van der Waals surface area (Å²) in [6, 6.07) is 5.34. The van der Waals surface area contributed by atoms with Crippen LogP contribution in [0.4, 0.5) is 4.79 Å². The van der Waals surface area contributed by atoms with E-state index in [4.69, 9.17) is 11.6 Å². The van der Waals surface area contributed by atoms with Crippen molar-refractivity contribution in [1.82, 2.24) is 20.1 Å². The molecule has 6 heteroatoms. The summed E-state index contributed by atoms with van der Waals surface area (Å²) < 4.78 is 0. The summed E-state index contributed by atoms with van der Waals surface area (Å²) in [5.41, 5.74) is 5.20. The van der Waals surface area contributed by atoms with Gasteiger partial charge in [0, 0.05) is 48.5 Å². The van der Waals surface area contributed by atoms with E-state index in [1.807, 2.05) is 18.7 Å². The number of nitrogens with zero attached hydrogens (tertiary/aromatic N) is 2. The summed E-state index contributed by atoms with van der Waals surface area (Å²) in [5.74, 6) is 0.864. The van der Waals surface area contributed by atoms with Crippen LogP contribution in [0.2, 0.25) is 5.15 Å². The van der Waals surface area contributed by atoms with Gasteiger partial charge in [-0.25, -0.2) is 4.79 Å². The summed E-state index contributed by atoms with van der Waals surface area (Å²) in [5, 5.41) is 5.47. The Kier molecular flexibility index (Phi) is 6.55. The molecule has 2 aliphatic rings. The summed E-state index contributed by atoms with van der Waals surface area (Å²) >= 11 is 6.69. The molecule has 1 fully saturated rings. The van der Waals surface area contributed by atoms with Crippen LogP contribution >= 0.6 is 11.6 Å². The Morgan fingerprint density at radius 3 is 2.68 bits per heavy atom. The SMILES string of the molecule is CCCN1C[C@@H](NC(=O)N(CC)CC)CC2c3cc(C(C)C)cc4[nH]c(Cl)c(c34)C[C@H]21. The number of carbonyl (C=O) groups is 1. The van der Waals surface area contributed by atoms with Gasteiger partial charge >= 0.3 is 6.03 Å². The van der Waals surface area contributed by atoms with Crippen LogP contribution in [0.25, 0.3) is 10.9 Å². The quantitative estimate of drug-likeness (QED) is 0.619. The normalized spacial score (nSPS) is 23.3. The molecule has 0 radical (unpaired) electrons. The van der Waals surface area contributed by atoms with E-state index in [-0.39, 0.29) is 12.1 Å². The Labute approximate surface area is 191 Å². The monoisotopic (exact) mass is 444 g/mol. The summed E-state index contributed by atoms with van der Waals surface area (Å²) in [7, 11) is 0. The van der Waals surface area contributed by atoms with E-state index >= 15 is 0 Å². The Hall–Kier alpha value is -1.72. The van der Waals surface area contributed by atoms with Gasteiger partial charge in [0.1, 0.15) is 5.15 Å². The van der Waals surface area contributed by atoms with E-state index in [0.29, 0.717) is 17.9 Å². The van der Waals surface area contributed by atoms with E-state index in [9.17, 15) is 4.79 Å². The fourth-order valence-corrected chi connectivity index (χ4v) is 5.97. The molecule has 1 aromatic heterocycles. The molecular formula is C25H37ClN4O. The number of aromatic amines is 1. The molecular weight excluding hydrogens is 408 g/mol. The van der Waals surface area contributed by atoms with Gasteiger partial charge in [-0.15, -0.1) is 0 Å². The van der Waals surface area contributed by atoms with Crippen molar-refractivity contribution in [2.45, 2.75) is 77.8 Å².